The number of halogens is 2. The van der Waals surface area contributed by atoms with E-state index < -0.39 is 36.5 Å². The van der Waals surface area contributed by atoms with Crippen molar-refractivity contribution in [3.05, 3.63) is 33.8 Å². The lowest BCUT2D eigenvalue weighted by atomic mass is 10.0. The van der Waals surface area contributed by atoms with E-state index >= 15 is 0 Å². The van der Waals surface area contributed by atoms with E-state index in [0.717, 1.165) is 0 Å². The molecule has 0 saturated carbocycles. The predicted molar refractivity (Wildman–Crippen MR) is 91.2 cm³/mol. The molecule has 0 aliphatic heterocycles. The van der Waals surface area contributed by atoms with Gasteiger partial charge in [0, 0.05) is 5.02 Å². The molecule has 0 radical (unpaired) electrons. The molecule has 0 heterocycles. The Kier molecular flexibility index (Phi) is 7.66. The van der Waals surface area contributed by atoms with Gasteiger partial charge in [-0.2, -0.15) is 0 Å². The zero-order valence-corrected chi connectivity index (χ0v) is 15.0. The van der Waals surface area contributed by atoms with Crippen LogP contribution in [0.2, 0.25) is 10.0 Å². The summed E-state index contributed by atoms with van der Waals surface area (Å²) in [6.07, 6.45) is 0. The maximum absolute atomic E-state index is 12.3. The number of primary amides is 1. The Morgan fingerprint density at radius 2 is 1.84 bits per heavy atom. The lowest BCUT2D eigenvalue weighted by Gasteiger charge is -2.21. The van der Waals surface area contributed by atoms with Gasteiger partial charge in [-0.05, 0) is 24.1 Å². The number of esters is 1. The topological polar surface area (TPSA) is 128 Å². The molecule has 0 aromatic heterocycles. The van der Waals surface area contributed by atoms with Crippen LogP contribution in [-0.2, 0) is 14.3 Å². The Morgan fingerprint density at radius 1 is 1.20 bits per heavy atom. The molecular formula is C15H17Cl2N3O5. The van der Waals surface area contributed by atoms with E-state index in [9.17, 15) is 19.2 Å². The van der Waals surface area contributed by atoms with Gasteiger partial charge in [0.25, 0.3) is 11.8 Å². The number of carbonyl (C=O) groups excluding carboxylic acids is 4. The Morgan fingerprint density at radius 3 is 2.36 bits per heavy atom. The summed E-state index contributed by atoms with van der Waals surface area (Å²) in [5, 5.41) is 4.73. The lowest BCUT2D eigenvalue weighted by molar-refractivity contribution is -0.151. The van der Waals surface area contributed by atoms with Crippen LogP contribution >= 0.6 is 23.2 Å². The molecule has 0 spiro atoms. The average Bonchev–Trinajstić information content (AvgIpc) is 2.49. The van der Waals surface area contributed by atoms with Crippen molar-refractivity contribution < 1.29 is 23.9 Å². The molecule has 0 aliphatic carbocycles. The largest absolute Gasteiger partial charge is 0.454 e. The predicted octanol–water partition coefficient (Wildman–Crippen LogP) is 1.49. The molecule has 1 aromatic rings. The van der Waals surface area contributed by atoms with E-state index in [1.54, 1.807) is 19.2 Å². The van der Waals surface area contributed by atoms with Gasteiger partial charge in [-0.25, -0.2) is 9.59 Å². The quantitative estimate of drug-likeness (QED) is 0.634. The molecule has 8 nitrogen and oxygen atoms in total. The second kappa shape index (κ2) is 9.24. The molecule has 10 heteroatoms. The molecule has 136 valence electrons. The van der Waals surface area contributed by atoms with Crippen molar-refractivity contribution in [2.45, 2.75) is 19.9 Å². The van der Waals surface area contributed by atoms with Crippen LogP contribution in [0, 0.1) is 5.92 Å². The van der Waals surface area contributed by atoms with Crippen LogP contribution in [-0.4, -0.2) is 36.5 Å². The average molecular weight is 390 g/mol. The third-order valence-electron chi connectivity index (χ3n) is 2.99. The standard InChI is InChI=1S/C15H17Cl2N3O5/c1-7(2)12(14(23)25-6-11(21)19-15(18)24)20-13(22)9-4-3-8(16)5-10(9)17/h3-5,7,12H,6H2,1-2H3,(H,20,22)(H3,18,19,21,24)/t12-/m0/s1. The van der Waals surface area contributed by atoms with Gasteiger partial charge < -0.3 is 15.8 Å². The molecular weight excluding hydrogens is 373 g/mol. The highest BCUT2D eigenvalue weighted by Crippen LogP contribution is 2.21. The number of nitrogens with two attached hydrogens (primary N) is 1. The van der Waals surface area contributed by atoms with Crippen molar-refractivity contribution in [3.63, 3.8) is 0 Å². The highest BCUT2D eigenvalue weighted by molar-refractivity contribution is 6.36. The maximum Gasteiger partial charge on any atom is 0.329 e. The van der Waals surface area contributed by atoms with Crippen LogP contribution in [0.25, 0.3) is 0 Å². The van der Waals surface area contributed by atoms with Crippen molar-refractivity contribution in [2.24, 2.45) is 11.7 Å². The fraction of sp³-hybridized carbons (Fsp3) is 0.333. The minimum absolute atomic E-state index is 0.127. The summed E-state index contributed by atoms with van der Waals surface area (Å²) in [5.74, 6) is -2.65. The number of carbonyl (C=O) groups is 4. The summed E-state index contributed by atoms with van der Waals surface area (Å²) in [6, 6.07) is 2.21. The Hall–Kier alpha value is -2.32. The van der Waals surface area contributed by atoms with Gasteiger partial charge in [0.05, 0.1) is 10.6 Å². The normalized spacial score (nSPS) is 11.6. The number of amides is 4. The van der Waals surface area contributed by atoms with Crippen molar-refractivity contribution in [1.29, 1.82) is 0 Å². The van der Waals surface area contributed by atoms with Crippen molar-refractivity contribution >= 4 is 47.0 Å². The highest BCUT2D eigenvalue weighted by atomic mass is 35.5. The van der Waals surface area contributed by atoms with Crippen LogP contribution in [0.1, 0.15) is 24.2 Å². The second-order valence-corrected chi connectivity index (χ2v) is 6.18. The number of ether oxygens (including phenoxy) is 1. The number of hydrogen-bond donors (Lipinski definition) is 3. The van der Waals surface area contributed by atoms with E-state index in [0.29, 0.717) is 5.02 Å². The molecule has 1 rings (SSSR count). The second-order valence-electron chi connectivity index (χ2n) is 5.34. The van der Waals surface area contributed by atoms with Gasteiger partial charge >= 0.3 is 12.0 Å². The van der Waals surface area contributed by atoms with Gasteiger partial charge in [0.1, 0.15) is 6.04 Å². The maximum atomic E-state index is 12.3. The first-order chi connectivity index (χ1) is 11.6. The molecule has 0 fully saturated rings. The van der Waals surface area contributed by atoms with Crippen LogP contribution in [0.3, 0.4) is 0 Å². The van der Waals surface area contributed by atoms with Crippen LogP contribution in [0.15, 0.2) is 18.2 Å². The van der Waals surface area contributed by atoms with Gasteiger partial charge in [-0.15, -0.1) is 0 Å². The fourth-order valence-electron chi connectivity index (χ4n) is 1.79. The highest BCUT2D eigenvalue weighted by Gasteiger charge is 2.27. The third-order valence-corrected chi connectivity index (χ3v) is 3.54. The number of nitrogens with one attached hydrogen (secondary N) is 2. The summed E-state index contributed by atoms with van der Waals surface area (Å²) < 4.78 is 4.79. The minimum atomic E-state index is -1.06. The molecule has 0 saturated heterocycles. The number of hydrogen-bond acceptors (Lipinski definition) is 5. The van der Waals surface area contributed by atoms with Crippen molar-refractivity contribution in [3.8, 4) is 0 Å². The number of urea groups is 1. The minimum Gasteiger partial charge on any atom is -0.454 e. The van der Waals surface area contributed by atoms with Crippen LogP contribution < -0.4 is 16.4 Å². The molecule has 1 aromatic carbocycles. The SMILES string of the molecule is CC(C)[C@H](NC(=O)c1ccc(Cl)cc1Cl)C(=O)OCC(=O)NC(N)=O. The smallest absolute Gasteiger partial charge is 0.329 e. The molecule has 4 N–H and O–H groups in total. The lowest BCUT2D eigenvalue weighted by Crippen LogP contribution is -2.46. The molecule has 0 aliphatic rings. The van der Waals surface area contributed by atoms with E-state index in [-0.39, 0.29) is 16.5 Å². The molecule has 25 heavy (non-hydrogen) atoms. The summed E-state index contributed by atoms with van der Waals surface area (Å²) in [4.78, 5) is 46.2. The van der Waals surface area contributed by atoms with Crippen molar-refractivity contribution in [2.75, 3.05) is 6.61 Å². The summed E-state index contributed by atoms with van der Waals surface area (Å²) in [6.45, 7) is 2.65. The molecule has 4 amide bonds. The first kappa shape index (κ1) is 20.7. The van der Waals surface area contributed by atoms with E-state index in [2.05, 4.69) is 5.32 Å². The van der Waals surface area contributed by atoms with Gasteiger partial charge in [-0.1, -0.05) is 37.0 Å². The Balaban J connectivity index is 2.76. The van der Waals surface area contributed by atoms with Crippen LogP contribution in [0.4, 0.5) is 4.79 Å². The van der Waals surface area contributed by atoms with Gasteiger partial charge in [0.15, 0.2) is 6.61 Å². The van der Waals surface area contributed by atoms with Gasteiger partial charge in [0.2, 0.25) is 0 Å². The number of rotatable bonds is 6. The summed E-state index contributed by atoms with van der Waals surface area (Å²) in [5.41, 5.74) is 4.91. The van der Waals surface area contributed by atoms with E-state index in [1.807, 2.05) is 0 Å². The Bertz CT molecular complexity index is 694. The first-order valence-electron chi connectivity index (χ1n) is 7.13. The third kappa shape index (κ3) is 6.60. The van der Waals surface area contributed by atoms with E-state index in [1.165, 1.54) is 18.2 Å². The zero-order valence-electron chi connectivity index (χ0n) is 13.5. The molecule has 1 atom stereocenters. The molecule has 0 bridgehead atoms. The summed E-state index contributed by atoms with van der Waals surface area (Å²) >= 11 is 11.7. The number of imide groups is 1. The zero-order chi connectivity index (χ0) is 19.1. The Labute approximate surface area is 154 Å². The first-order valence-corrected chi connectivity index (χ1v) is 7.89. The monoisotopic (exact) mass is 389 g/mol. The number of benzene rings is 1. The van der Waals surface area contributed by atoms with Gasteiger partial charge in [-0.3, -0.25) is 14.9 Å². The summed E-state index contributed by atoms with van der Waals surface area (Å²) in [7, 11) is 0. The fourth-order valence-corrected chi connectivity index (χ4v) is 2.28. The van der Waals surface area contributed by atoms with Crippen molar-refractivity contribution in [1.82, 2.24) is 10.6 Å². The van der Waals surface area contributed by atoms with E-state index in [4.69, 9.17) is 33.7 Å². The molecule has 0 unspecified atom stereocenters. The van der Waals surface area contributed by atoms with Crippen LogP contribution in [0.5, 0.6) is 0 Å².